The molecule has 134 valence electrons. The first kappa shape index (κ1) is 17.6. The summed E-state index contributed by atoms with van der Waals surface area (Å²) >= 11 is 0. The van der Waals surface area contributed by atoms with Crippen molar-refractivity contribution in [1.29, 1.82) is 0 Å². The molecule has 0 aliphatic carbocycles. The van der Waals surface area contributed by atoms with Crippen LogP contribution in [0.4, 0.5) is 5.69 Å². The van der Waals surface area contributed by atoms with E-state index in [2.05, 4.69) is 65.5 Å². The molecule has 3 rings (SSSR count). The lowest BCUT2D eigenvalue weighted by atomic mass is 9.79. The fraction of sp³-hybridized carbons (Fsp3) is 0.727. The number of rotatable bonds is 3. The molecule has 0 unspecified atom stereocenters. The minimum absolute atomic E-state index is 0.101. The van der Waals surface area contributed by atoms with Crippen LogP contribution in [0.3, 0.4) is 0 Å². The Morgan fingerprint density at radius 1 is 1.04 bits per heavy atom. The van der Waals surface area contributed by atoms with E-state index in [0.717, 1.165) is 12.2 Å². The van der Waals surface area contributed by atoms with Gasteiger partial charge >= 0.3 is 0 Å². The Bertz CT molecular complexity index is 606. The first-order chi connectivity index (χ1) is 11.1. The lowest BCUT2D eigenvalue weighted by Gasteiger charge is -2.29. The Labute approximate surface area is 148 Å². The largest absolute Gasteiger partial charge is 0.468 e. The molecule has 1 aromatic rings. The third-order valence-corrected chi connectivity index (χ3v) is 5.62. The summed E-state index contributed by atoms with van der Waals surface area (Å²) in [5, 5.41) is 0. The van der Waals surface area contributed by atoms with Gasteiger partial charge in [0.25, 0.3) is 0 Å². The molecule has 2 nitrogen and oxygen atoms in total. The molecule has 0 saturated carbocycles. The van der Waals surface area contributed by atoms with Crippen LogP contribution in [-0.2, 0) is 10.8 Å². The SMILES string of the molecule is CCCC[C@H]1CC[C@H]2Oc3c(cc(C(C)(C)C)cc3C(C)(C)C)N12. The maximum Gasteiger partial charge on any atom is 0.172 e. The van der Waals surface area contributed by atoms with E-state index in [1.165, 1.54) is 42.5 Å². The van der Waals surface area contributed by atoms with E-state index < -0.39 is 0 Å². The molecule has 2 heterocycles. The van der Waals surface area contributed by atoms with E-state index in [1.54, 1.807) is 0 Å². The van der Waals surface area contributed by atoms with Gasteiger partial charge in [0.05, 0.1) is 5.69 Å². The van der Waals surface area contributed by atoms with Gasteiger partial charge in [-0.15, -0.1) is 0 Å². The summed E-state index contributed by atoms with van der Waals surface area (Å²) in [6.45, 7) is 16.1. The molecule has 2 aliphatic heterocycles. The van der Waals surface area contributed by atoms with Gasteiger partial charge < -0.3 is 9.64 Å². The van der Waals surface area contributed by atoms with Crippen LogP contribution < -0.4 is 9.64 Å². The Hall–Kier alpha value is -1.18. The van der Waals surface area contributed by atoms with Crippen molar-refractivity contribution in [3.63, 3.8) is 0 Å². The van der Waals surface area contributed by atoms with Crippen LogP contribution in [-0.4, -0.2) is 12.3 Å². The van der Waals surface area contributed by atoms with Crippen molar-refractivity contribution in [3.8, 4) is 5.75 Å². The molecular weight excluding hydrogens is 294 g/mol. The lowest BCUT2D eigenvalue weighted by molar-refractivity contribution is 0.232. The molecule has 0 amide bonds. The summed E-state index contributed by atoms with van der Waals surface area (Å²) in [5.74, 6) is 1.15. The molecule has 24 heavy (non-hydrogen) atoms. The van der Waals surface area contributed by atoms with Gasteiger partial charge in [0, 0.05) is 18.0 Å². The number of ether oxygens (including phenoxy) is 1. The van der Waals surface area contributed by atoms with E-state index in [4.69, 9.17) is 4.74 Å². The van der Waals surface area contributed by atoms with Crippen LogP contribution in [0.15, 0.2) is 12.1 Å². The Balaban J connectivity index is 2.08. The van der Waals surface area contributed by atoms with Gasteiger partial charge in [-0.25, -0.2) is 0 Å². The fourth-order valence-electron chi connectivity index (χ4n) is 4.09. The average molecular weight is 330 g/mol. The number of hydrogen-bond donors (Lipinski definition) is 0. The standard InChI is InChI=1S/C22H35NO/c1-8-9-10-16-11-12-19-23(16)18-14-15(21(2,3)4)13-17(20(18)24-19)22(5,6)7/h13-14,16,19H,8-12H2,1-7H3/t16-,19+/m0/s1. The van der Waals surface area contributed by atoms with Gasteiger partial charge in [0.15, 0.2) is 6.23 Å². The van der Waals surface area contributed by atoms with Crippen molar-refractivity contribution >= 4 is 5.69 Å². The molecule has 0 bridgehead atoms. The highest BCUT2D eigenvalue weighted by molar-refractivity contribution is 5.70. The number of fused-ring (bicyclic) bond motifs is 3. The van der Waals surface area contributed by atoms with Crippen molar-refractivity contribution in [3.05, 3.63) is 23.3 Å². The molecule has 2 aliphatic rings. The summed E-state index contributed by atoms with van der Waals surface area (Å²) in [7, 11) is 0. The fourth-order valence-corrected chi connectivity index (χ4v) is 4.09. The molecule has 2 heteroatoms. The second-order valence-corrected chi connectivity index (χ2v) is 9.73. The van der Waals surface area contributed by atoms with Crippen LogP contribution in [0.25, 0.3) is 0 Å². The molecule has 1 fully saturated rings. The molecule has 0 spiro atoms. The van der Waals surface area contributed by atoms with E-state index in [1.807, 2.05) is 0 Å². The lowest BCUT2D eigenvalue weighted by Crippen LogP contribution is -2.34. The van der Waals surface area contributed by atoms with Gasteiger partial charge in [-0.1, -0.05) is 67.4 Å². The summed E-state index contributed by atoms with van der Waals surface area (Å²) in [6, 6.07) is 5.45. The third-order valence-electron chi connectivity index (χ3n) is 5.62. The smallest absolute Gasteiger partial charge is 0.172 e. The van der Waals surface area contributed by atoms with E-state index >= 15 is 0 Å². The van der Waals surface area contributed by atoms with Crippen molar-refractivity contribution in [2.24, 2.45) is 0 Å². The maximum absolute atomic E-state index is 6.49. The van der Waals surface area contributed by atoms with Crippen molar-refractivity contribution in [2.75, 3.05) is 4.90 Å². The zero-order valence-corrected chi connectivity index (χ0v) is 16.7. The van der Waals surface area contributed by atoms with Gasteiger partial charge in [-0.05, 0) is 35.3 Å². The maximum atomic E-state index is 6.49. The topological polar surface area (TPSA) is 12.5 Å². The minimum Gasteiger partial charge on any atom is -0.468 e. The summed E-state index contributed by atoms with van der Waals surface area (Å²) in [5.41, 5.74) is 4.41. The molecule has 0 N–H and O–H groups in total. The molecular formula is C22H35NO. The zero-order valence-electron chi connectivity index (χ0n) is 16.7. The predicted octanol–water partition coefficient (Wildman–Crippen LogP) is 6.16. The highest BCUT2D eigenvalue weighted by Crippen LogP contribution is 2.51. The third kappa shape index (κ3) is 3.05. The molecule has 0 radical (unpaired) electrons. The van der Waals surface area contributed by atoms with Crippen molar-refractivity contribution < 1.29 is 4.74 Å². The van der Waals surface area contributed by atoms with Gasteiger partial charge in [-0.2, -0.15) is 0 Å². The highest BCUT2D eigenvalue weighted by Gasteiger charge is 2.43. The number of nitrogens with zero attached hydrogens (tertiary/aromatic N) is 1. The minimum atomic E-state index is 0.101. The van der Waals surface area contributed by atoms with Crippen LogP contribution in [0.2, 0.25) is 0 Å². The molecule has 0 aromatic heterocycles. The van der Waals surface area contributed by atoms with Crippen LogP contribution >= 0.6 is 0 Å². The number of hydrogen-bond acceptors (Lipinski definition) is 2. The average Bonchev–Trinajstić information content (AvgIpc) is 3.01. The second kappa shape index (κ2) is 5.97. The Kier molecular flexibility index (Phi) is 4.38. The summed E-state index contributed by atoms with van der Waals surface area (Å²) in [6.07, 6.45) is 6.58. The van der Waals surface area contributed by atoms with Crippen LogP contribution in [0, 0.1) is 0 Å². The summed E-state index contributed by atoms with van der Waals surface area (Å²) in [4.78, 5) is 2.61. The van der Waals surface area contributed by atoms with E-state index in [9.17, 15) is 0 Å². The van der Waals surface area contributed by atoms with Crippen molar-refractivity contribution in [2.45, 2.75) is 104 Å². The quantitative estimate of drug-likeness (QED) is 0.658. The monoisotopic (exact) mass is 329 g/mol. The number of anilines is 1. The van der Waals surface area contributed by atoms with Gasteiger partial charge in [0.1, 0.15) is 5.75 Å². The molecule has 2 atom stereocenters. The van der Waals surface area contributed by atoms with Crippen LogP contribution in [0.5, 0.6) is 5.75 Å². The van der Waals surface area contributed by atoms with Gasteiger partial charge in [-0.3, -0.25) is 0 Å². The van der Waals surface area contributed by atoms with E-state index in [-0.39, 0.29) is 17.1 Å². The van der Waals surface area contributed by atoms with Crippen LogP contribution in [0.1, 0.15) is 91.7 Å². The zero-order chi connectivity index (χ0) is 17.7. The molecule has 1 saturated heterocycles. The van der Waals surface area contributed by atoms with E-state index in [0.29, 0.717) is 6.04 Å². The second-order valence-electron chi connectivity index (χ2n) is 9.73. The first-order valence-corrected chi connectivity index (χ1v) is 9.77. The molecule has 1 aromatic carbocycles. The predicted molar refractivity (Wildman–Crippen MR) is 103 cm³/mol. The van der Waals surface area contributed by atoms with Gasteiger partial charge in [0.2, 0.25) is 0 Å². The number of unbranched alkanes of at least 4 members (excludes halogenated alkanes) is 1. The summed E-state index contributed by atoms with van der Waals surface area (Å²) < 4.78 is 6.49. The number of benzene rings is 1. The first-order valence-electron chi connectivity index (χ1n) is 9.77. The Morgan fingerprint density at radius 2 is 1.75 bits per heavy atom. The van der Waals surface area contributed by atoms with Crippen molar-refractivity contribution in [1.82, 2.24) is 0 Å². The normalized spacial score (nSPS) is 23.2. The Morgan fingerprint density at radius 3 is 2.33 bits per heavy atom. The highest BCUT2D eigenvalue weighted by atomic mass is 16.5.